The number of non-ortho nitro benzene ring substituents is 1. The molecule has 2 aromatic carbocycles. The molecule has 2 amide bonds. The summed E-state index contributed by atoms with van der Waals surface area (Å²) in [4.78, 5) is 66.1. The predicted molar refractivity (Wildman–Crippen MR) is 146 cm³/mol. The fourth-order valence-electron chi connectivity index (χ4n) is 6.72. The number of carbonyl (C=O) groups excluding carboxylic acids is 4. The number of ketones is 2. The van der Waals surface area contributed by atoms with Crippen LogP contribution in [-0.4, -0.2) is 46.6 Å². The van der Waals surface area contributed by atoms with E-state index < -0.39 is 40.4 Å². The number of aliphatic hydroxyl groups is 1. The topological polar surface area (TPSA) is 144 Å². The van der Waals surface area contributed by atoms with Gasteiger partial charge in [-0.2, -0.15) is 0 Å². The van der Waals surface area contributed by atoms with E-state index in [4.69, 9.17) is 4.74 Å². The minimum atomic E-state index is -0.770. The molecule has 10 heteroatoms. The van der Waals surface area contributed by atoms with Gasteiger partial charge in [0.1, 0.15) is 12.4 Å². The molecule has 0 spiro atoms. The molecule has 0 radical (unpaired) electrons. The highest BCUT2D eigenvalue weighted by Gasteiger charge is 2.56. The van der Waals surface area contributed by atoms with Gasteiger partial charge in [-0.3, -0.25) is 34.2 Å². The first-order chi connectivity index (χ1) is 19.7. The lowest BCUT2D eigenvalue weighted by molar-refractivity contribution is -0.384. The number of nitrogens with zero attached hydrogens (tertiary/aromatic N) is 2. The average Bonchev–Trinajstić information content (AvgIpc) is 3.23. The zero-order chi connectivity index (χ0) is 29.0. The third-order valence-electron chi connectivity index (χ3n) is 8.46. The van der Waals surface area contributed by atoms with Gasteiger partial charge in [0, 0.05) is 40.3 Å². The van der Waals surface area contributed by atoms with Gasteiger partial charge < -0.3 is 9.84 Å². The van der Waals surface area contributed by atoms with Crippen LogP contribution in [0.4, 0.5) is 11.4 Å². The molecule has 1 saturated heterocycles. The van der Waals surface area contributed by atoms with Gasteiger partial charge in [0.25, 0.3) is 5.69 Å². The van der Waals surface area contributed by atoms with Gasteiger partial charge >= 0.3 is 0 Å². The van der Waals surface area contributed by atoms with Crippen LogP contribution in [0.1, 0.15) is 31.2 Å². The summed E-state index contributed by atoms with van der Waals surface area (Å²) in [5.41, 5.74) is 2.53. The maximum atomic E-state index is 14.0. The molecule has 1 aliphatic heterocycles. The van der Waals surface area contributed by atoms with E-state index in [0.717, 1.165) is 10.5 Å². The van der Waals surface area contributed by atoms with Crippen molar-refractivity contribution in [3.63, 3.8) is 0 Å². The first kappa shape index (κ1) is 26.5. The largest absolute Gasteiger partial charge is 0.491 e. The zero-order valence-corrected chi connectivity index (χ0v) is 22.1. The minimum absolute atomic E-state index is 0.0336. The second-order valence-corrected chi connectivity index (χ2v) is 10.6. The normalized spacial score (nSPS) is 25.4. The number of carbonyl (C=O) groups is 4. The Balaban J connectivity index is 1.46. The lowest BCUT2D eigenvalue weighted by Crippen LogP contribution is -2.40. The number of para-hydroxylation sites is 1. The van der Waals surface area contributed by atoms with Crippen LogP contribution < -0.4 is 9.64 Å². The fraction of sp³-hybridized carbons (Fsp3) is 0.290. The lowest BCUT2D eigenvalue weighted by atomic mass is 9.59. The molecule has 0 aromatic heterocycles. The number of fused-ring (bicyclic) bond motifs is 3. The van der Waals surface area contributed by atoms with Gasteiger partial charge in [0.15, 0.2) is 11.6 Å². The number of benzene rings is 2. The van der Waals surface area contributed by atoms with Crippen molar-refractivity contribution in [1.29, 1.82) is 0 Å². The van der Waals surface area contributed by atoms with E-state index in [-0.39, 0.29) is 49.0 Å². The smallest absolute Gasteiger partial charge is 0.269 e. The Morgan fingerprint density at radius 1 is 1.02 bits per heavy atom. The fourth-order valence-corrected chi connectivity index (χ4v) is 6.72. The number of nitro benzene ring substituents is 1. The number of rotatable bonds is 6. The highest BCUT2D eigenvalue weighted by molar-refractivity contribution is 6.25. The molecule has 4 aliphatic rings. The first-order valence-corrected chi connectivity index (χ1v) is 13.4. The third-order valence-corrected chi connectivity index (χ3v) is 8.46. The van der Waals surface area contributed by atoms with Crippen LogP contribution >= 0.6 is 0 Å². The predicted octanol–water partition coefficient (Wildman–Crippen LogP) is 3.60. The van der Waals surface area contributed by atoms with Crippen LogP contribution in [0.2, 0.25) is 0 Å². The highest BCUT2D eigenvalue weighted by atomic mass is 16.6. The number of aliphatic hydroxyl groups excluding tert-OH is 1. The Labute approximate surface area is 234 Å². The number of anilines is 1. The molecule has 1 fully saturated rings. The van der Waals surface area contributed by atoms with Gasteiger partial charge in [0.05, 0.1) is 29.1 Å². The summed E-state index contributed by atoms with van der Waals surface area (Å²) >= 11 is 0. The Bertz CT molecular complexity index is 1620. The molecule has 4 unspecified atom stereocenters. The molecule has 41 heavy (non-hydrogen) atoms. The molecule has 6 rings (SSSR count). The second kappa shape index (κ2) is 10.0. The summed E-state index contributed by atoms with van der Waals surface area (Å²) in [5, 5.41) is 20.5. The van der Waals surface area contributed by atoms with E-state index in [9.17, 15) is 34.4 Å². The summed E-state index contributed by atoms with van der Waals surface area (Å²) in [6, 6.07) is 12.4. The Morgan fingerprint density at radius 3 is 2.46 bits per heavy atom. The highest BCUT2D eigenvalue weighted by Crippen LogP contribution is 2.56. The van der Waals surface area contributed by atoms with E-state index in [2.05, 4.69) is 0 Å². The van der Waals surface area contributed by atoms with Crippen LogP contribution in [0.15, 0.2) is 83.0 Å². The summed E-state index contributed by atoms with van der Waals surface area (Å²) in [6.45, 7) is 1.41. The van der Waals surface area contributed by atoms with E-state index in [0.29, 0.717) is 28.0 Å². The van der Waals surface area contributed by atoms with Gasteiger partial charge in [-0.25, -0.2) is 0 Å². The molecule has 1 heterocycles. The van der Waals surface area contributed by atoms with Crippen LogP contribution in [0.5, 0.6) is 5.75 Å². The van der Waals surface area contributed by atoms with Crippen molar-refractivity contribution in [2.75, 3.05) is 18.1 Å². The zero-order valence-electron chi connectivity index (χ0n) is 22.1. The van der Waals surface area contributed by atoms with Crippen LogP contribution in [0, 0.1) is 27.9 Å². The Kier molecular flexibility index (Phi) is 6.50. The van der Waals surface area contributed by atoms with Crippen molar-refractivity contribution in [3.8, 4) is 5.75 Å². The molecule has 10 nitrogen and oxygen atoms in total. The summed E-state index contributed by atoms with van der Waals surface area (Å²) in [6.07, 6.45) is 3.66. The van der Waals surface area contributed by atoms with Gasteiger partial charge in [-0.15, -0.1) is 0 Å². The number of hydrogen-bond donors (Lipinski definition) is 1. The van der Waals surface area contributed by atoms with Crippen molar-refractivity contribution < 1.29 is 33.9 Å². The van der Waals surface area contributed by atoms with Crippen molar-refractivity contribution >= 4 is 34.8 Å². The molecule has 208 valence electrons. The maximum absolute atomic E-state index is 14.0. The molecule has 3 aliphatic carbocycles. The second-order valence-electron chi connectivity index (χ2n) is 10.6. The van der Waals surface area contributed by atoms with Gasteiger partial charge in [-0.1, -0.05) is 29.8 Å². The van der Waals surface area contributed by atoms with Gasteiger partial charge in [0.2, 0.25) is 11.8 Å². The summed E-state index contributed by atoms with van der Waals surface area (Å²) in [7, 11) is 0. The summed E-state index contributed by atoms with van der Waals surface area (Å²) in [5.74, 6) is -3.54. The number of nitro groups is 1. The van der Waals surface area contributed by atoms with E-state index in [1.807, 2.05) is 12.1 Å². The summed E-state index contributed by atoms with van der Waals surface area (Å²) < 4.78 is 5.82. The van der Waals surface area contributed by atoms with Crippen molar-refractivity contribution in [2.45, 2.75) is 25.7 Å². The lowest BCUT2D eigenvalue weighted by Gasteiger charge is -2.42. The quantitative estimate of drug-likeness (QED) is 0.188. The van der Waals surface area contributed by atoms with Crippen LogP contribution in [0.25, 0.3) is 0 Å². The maximum Gasteiger partial charge on any atom is 0.269 e. The number of allylic oxidation sites excluding steroid dienone is 6. The monoisotopic (exact) mass is 554 g/mol. The molecule has 2 aromatic rings. The van der Waals surface area contributed by atoms with Gasteiger partial charge in [-0.05, 0) is 50.0 Å². The average molecular weight is 555 g/mol. The van der Waals surface area contributed by atoms with Crippen LogP contribution in [-0.2, 0) is 19.2 Å². The third kappa shape index (κ3) is 4.13. The van der Waals surface area contributed by atoms with Crippen molar-refractivity contribution in [2.24, 2.45) is 17.8 Å². The van der Waals surface area contributed by atoms with Crippen molar-refractivity contribution in [1.82, 2.24) is 0 Å². The van der Waals surface area contributed by atoms with E-state index in [1.54, 1.807) is 25.1 Å². The molecule has 0 bridgehead atoms. The number of hydrogen-bond acceptors (Lipinski definition) is 8. The molecule has 4 atom stereocenters. The van der Waals surface area contributed by atoms with Crippen LogP contribution in [0.3, 0.4) is 0 Å². The van der Waals surface area contributed by atoms with E-state index >= 15 is 0 Å². The number of Topliss-reactive ketones (excluding diaryl/α,β-unsaturated/α-hetero) is 1. The molecular formula is C31H26N2O8. The Morgan fingerprint density at radius 2 is 1.76 bits per heavy atom. The van der Waals surface area contributed by atoms with Crippen molar-refractivity contribution in [3.05, 3.63) is 98.7 Å². The Hall–Kier alpha value is -4.70. The molecule has 1 N–H and O–H groups in total. The first-order valence-electron chi connectivity index (χ1n) is 13.4. The number of amides is 2. The standard InChI is InChI=1S/C31H26N2O8/c1-16-14-24(35)28-23(29(16)36)15-22-19(26(28)20-4-2-3-5-25(20)41-13-12-34)10-11-21-27(22)31(38)32(30(21)37)17-6-8-18(9-7-17)33(39)40/h2-10,14,21-22,26-27,34H,11-13,15H2,1H3. The minimum Gasteiger partial charge on any atom is -0.491 e. The number of ether oxygens (including phenoxy) is 1. The number of imide groups is 1. The molecule has 0 saturated carbocycles. The van der Waals surface area contributed by atoms with E-state index in [1.165, 1.54) is 30.3 Å². The molecular weight excluding hydrogens is 528 g/mol. The SMILES string of the molecule is CC1=CC(=O)C2=C(CC3C(=CCC4C(=O)N(c5ccc([N+](=O)[O-])cc5)C(=O)C43)C2c2ccccc2OCCO)C1=O.